The van der Waals surface area contributed by atoms with Crippen molar-refractivity contribution < 1.29 is 0 Å². The van der Waals surface area contributed by atoms with Gasteiger partial charge in [-0.1, -0.05) is 39.5 Å². The van der Waals surface area contributed by atoms with E-state index in [1.54, 1.807) is 0 Å². The van der Waals surface area contributed by atoms with Gasteiger partial charge < -0.3 is 0 Å². The van der Waals surface area contributed by atoms with Crippen molar-refractivity contribution in [2.45, 2.75) is 51.2 Å². The zero-order chi connectivity index (χ0) is 7.11. The Bertz CT molecular complexity index is 50.5. The summed E-state index contributed by atoms with van der Waals surface area (Å²) in [5.41, 5.74) is 0. The molecule has 56 valence electrons. The van der Waals surface area contributed by atoms with E-state index in [9.17, 15) is 0 Å². The zero-order valence-corrected chi connectivity index (χ0v) is 7.45. The lowest BCUT2D eigenvalue weighted by Gasteiger charge is -2.01. The predicted octanol–water partition coefficient (Wildman–Crippen LogP) is 3.28. The Kier molecular flexibility index (Phi) is 6.72. The van der Waals surface area contributed by atoms with E-state index in [-0.39, 0.29) is 0 Å². The topological polar surface area (TPSA) is 0 Å². The molecule has 0 rings (SSSR count). The predicted molar refractivity (Wildman–Crippen MR) is 47.2 cm³/mol. The van der Waals surface area contributed by atoms with Crippen LogP contribution in [-0.4, -0.2) is 5.25 Å². The third-order valence-electron chi connectivity index (χ3n) is 1.48. The molecule has 0 aromatic rings. The summed E-state index contributed by atoms with van der Waals surface area (Å²) in [5, 5.41) is 0.599. The van der Waals surface area contributed by atoms with Gasteiger partial charge in [0.2, 0.25) is 0 Å². The number of hydrogen-bond acceptors (Lipinski definition) is 1. The quantitative estimate of drug-likeness (QED) is 0.446. The van der Waals surface area contributed by atoms with Crippen molar-refractivity contribution in [2.24, 2.45) is 0 Å². The maximum atomic E-state index is 4.30. The van der Waals surface area contributed by atoms with Gasteiger partial charge in [0.1, 0.15) is 0 Å². The lowest BCUT2D eigenvalue weighted by Crippen LogP contribution is -1.89. The minimum atomic E-state index is 0.599. The van der Waals surface area contributed by atoms with Gasteiger partial charge in [0.25, 0.3) is 0 Å². The minimum absolute atomic E-state index is 0.599. The first-order chi connectivity index (χ1) is 4.27. The highest BCUT2D eigenvalue weighted by molar-refractivity contribution is 7.80. The molecule has 0 aliphatic carbocycles. The molecule has 0 aliphatic rings. The number of unbranched alkanes of at least 4 members (excludes halogenated alkanes) is 3. The Hall–Kier alpha value is 0.350. The second-order valence-electron chi connectivity index (χ2n) is 2.70. The highest BCUT2D eigenvalue weighted by Gasteiger charge is 1.92. The molecule has 0 nitrogen and oxygen atoms in total. The van der Waals surface area contributed by atoms with Crippen molar-refractivity contribution >= 4 is 12.6 Å². The molecule has 0 aliphatic heterocycles. The van der Waals surface area contributed by atoms with Crippen LogP contribution in [0.2, 0.25) is 0 Å². The van der Waals surface area contributed by atoms with Crippen LogP contribution in [0.4, 0.5) is 0 Å². The molecule has 0 radical (unpaired) electrons. The normalized spacial score (nSPS) is 13.7. The number of rotatable bonds is 5. The van der Waals surface area contributed by atoms with Gasteiger partial charge in [-0.2, -0.15) is 12.6 Å². The van der Waals surface area contributed by atoms with Crippen LogP contribution >= 0.6 is 12.6 Å². The second kappa shape index (κ2) is 6.47. The average molecular weight is 146 g/mol. The Balaban J connectivity index is 2.75. The molecular formula is C8H18S. The van der Waals surface area contributed by atoms with E-state index in [1.807, 2.05) is 0 Å². The fourth-order valence-corrected chi connectivity index (χ4v) is 1.05. The van der Waals surface area contributed by atoms with Crippen LogP contribution in [0.5, 0.6) is 0 Å². The number of thiol groups is 1. The lowest BCUT2D eigenvalue weighted by molar-refractivity contribution is 0.632. The Morgan fingerprint density at radius 3 is 2.33 bits per heavy atom. The molecule has 0 spiro atoms. The van der Waals surface area contributed by atoms with Gasteiger partial charge in [-0.3, -0.25) is 0 Å². The van der Waals surface area contributed by atoms with E-state index in [0.29, 0.717) is 5.25 Å². The maximum Gasteiger partial charge on any atom is -0.00116 e. The van der Waals surface area contributed by atoms with E-state index in [2.05, 4.69) is 26.5 Å². The van der Waals surface area contributed by atoms with Gasteiger partial charge in [0, 0.05) is 0 Å². The standard InChI is InChI=1S/C8H18S/c1-3-4-5-6-7-8(2)9/h8-9H,3-7H2,1-2H3. The lowest BCUT2D eigenvalue weighted by atomic mass is 10.1. The van der Waals surface area contributed by atoms with E-state index in [0.717, 1.165) is 0 Å². The third-order valence-corrected chi connectivity index (χ3v) is 1.73. The van der Waals surface area contributed by atoms with Gasteiger partial charge in [-0.05, 0) is 11.7 Å². The molecule has 1 atom stereocenters. The summed E-state index contributed by atoms with van der Waals surface area (Å²) in [5.74, 6) is 0. The van der Waals surface area contributed by atoms with Crippen molar-refractivity contribution in [2.75, 3.05) is 0 Å². The van der Waals surface area contributed by atoms with Crippen LogP contribution < -0.4 is 0 Å². The zero-order valence-electron chi connectivity index (χ0n) is 6.56. The Morgan fingerprint density at radius 1 is 1.22 bits per heavy atom. The summed E-state index contributed by atoms with van der Waals surface area (Å²) in [4.78, 5) is 0. The van der Waals surface area contributed by atoms with Gasteiger partial charge in [0.15, 0.2) is 0 Å². The molecule has 0 amide bonds. The van der Waals surface area contributed by atoms with E-state index in [1.165, 1.54) is 32.1 Å². The van der Waals surface area contributed by atoms with Crippen LogP contribution in [0.15, 0.2) is 0 Å². The van der Waals surface area contributed by atoms with Crippen molar-refractivity contribution in [3.05, 3.63) is 0 Å². The van der Waals surface area contributed by atoms with Gasteiger partial charge >= 0.3 is 0 Å². The molecule has 0 fully saturated rings. The number of hydrogen-bond donors (Lipinski definition) is 1. The monoisotopic (exact) mass is 146 g/mol. The summed E-state index contributed by atoms with van der Waals surface area (Å²) in [6.45, 7) is 4.40. The van der Waals surface area contributed by atoms with Crippen LogP contribution in [0.25, 0.3) is 0 Å². The SMILES string of the molecule is CCCCCCC(C)S. The van der Waals surface area contributed by atoms with E-state index in [4.69, 9.17) is 0 Å². The molecule has 1 heteroatoms. The third kappa shape index (κ3) is 8.35. The van der Waals surface area contributed by atoms with Gasteiger partial charge in [-0.15, -0.1) is 0 Å². The molecule has 0 aromatic heterocycles. The summed E-state index contributed by atoms with van der Waals surface area (Å²) < 4.78 is 0. The van der Waals surface area contributed by atoms with Crippen LogP contribution in [0, 0.1) is 0 Å². The molecule has 0 bridgehead atoms. The molecule has 0 heterocycles. The van der Waals surface area contributed by atoms with Crippen LogP contribution in [0.1, 0.15) is 46.0 Å². The summed E-state index contributed by atoms with van der Waals surface area (Å²) in [6, 6.07) is 0. The molecule has 0 saturated heterocycles. The minimum Gasteiger partial charge on any atom is -0.176 e. The van der Waals surface area contributed by atoms with E-state index < -0.39 is 0 Å². The first-order valence-corrected chi connectivity index (χ1v) is 4.47. The molecular weight excluding hydrogens is 128 g/mol. The van der Waals surface area contributed by atoms with Crippen molar-refractivity contribution in [3.63, 3.8) is 0 Å². The molecule has 9 heavy (non-hydrogen) atoms. The fourth-order valence-electron chi connectivity index (χ4n) is 0.867. The molecule has 0 saturated carbocycles. The van der Waals surface area contributed by atoms with E-state index >= 15 is 0 Å². The van der Waals surface area contributed by atoms with Gasteiger partial charge in [-0.25, -0.2) is 0 Å². The van der Waals surface area contributed by atoms with Crippen LogP contribution in [-0.2, 0) is 0 Å². The smallest absolute Gasteiger partial charge is 0.00116 e. The van der Waals surface area contributed by atoms with Crippen molar-refractivity contribution in [1.82, 2.24) is 0 Å². The summed E-state index contributed by atoms with van der Waals surface area (Å²) >= 11 is 4.30. The largest absolute Gasteiger partial charge is 0.176 e. The van der Waals surface area contributed by atoms with Crippen molar-refractivity contribution in [1.29, 1.82) is 0 Å². The first-order valence-electron chi connectivity index (χ1n) is 3.95. The highest BCUT2D eigenvalue weighted by atomic mass is 32.1. The Labute approximate surface area is 64.4 Å². The Morgan fingerprint density at radius 2 is 1.89 bits per heavy atom. The summed E-state index contributed by atoms with van der Waals surface area (Å²) in [7, 11) is 0. The van der Waals surface area contributed by atoms with Crippen LogP contribution in [0.3, 0.4) is 0 Å². The maximum absolute atomic E-state index is 4.30. The average Bonchev–Trinajstić information content (AvgIpc) is 1.80. The molecule has 0 aromatic carbocycles. The highest BCUT2D eigenvalue weighted by Crippen LogP contribution is 2.08. The first kappa shape index (κ1) is 9.35. The fraction of sp³-hybridized carbons (Fsp3) is 1.00. The second-order valence-corrected chi connectivity index (χ2v) is 3.58. The van der Waals surface area contributed by atoms with Crippen molar-refractivity contribution in [3.8, 4) is 0 Å². The molecule has 0 N–H and O–H groups in total. The summed E-state index contributed by atoms with van der Waals surface area (Å²) in [6.07, 6.45) is 6.75. The molecule has 1 unspecified atom stereocenters. The van der Waals surface area contributed by atoms with Gasteiger partial charge in [0.05, 0.1) is 0 Å².